The molecule has 0 radical (unpaired) electrons. The molecule has 4 heteroatoms. The highest BCUT2D eigenvalue weighted by Gasteiger charge is 2.24. The second kappa shape index (κ2) is 6.84. The molecule has 1 atom stereocenters. The molecule has 1 aromatic rings. The number of nitrogens with zero attached hydrogens (tertiary/aromatic N) is 1. The zero-order valence-corrected chi connectivity index (χ0v) is 12.2. The third-order valence-electron chi connectivity index (χ3n) is 4.03. The van der Waals surface area contributed by atoms with Crippen molar-refractivity contribution in [2.75, 3.05) is 20.2 Å². The molecule has 2 rings (SSSR count). The van der Waals surface area contributed by atoms with Crippen molar-refractivity contribution in [2.24, 2.45) is 0 Å². The monoisotopic (exact) mass is 279 g/mol. The zero-order chi connectivity index (χ0) is 14.5. The van der Waals surface area contributed by atoms with E-state index in [1.54, 1.807) is 0 Å². The summed E-state index contributed by atoms with van der Waals surface area (Å²) in [5.41, 5.74) is 0.341. The fraction of sp³-hybridized carbons (Fsp3) is 0.562. The van der Waals surface area contributed by atoms with Crippen LogP contribution in [0.3, 0.4) is 0 Å². The number of hydrogen-bond acceptors (Lipinski definition) is 3. The minimum atomic E-state index is -0.403. The van der Waals surface area contributed by atoms with Crippen LogP contribution >= 0.6 is 0 Å². The molecular formula is C16H22FNO2. The molecule has 0 aliphatic carbocycles. The minimum Gasteiger partial charge on any atom is -0.496 e. The van der Waals surface area contributed by atoms with Gasteiger partial charge >= 0.3 is 0 Å². The molecule has 0 N–H and O–H groups in total. The Morgan fingerprint density at radius 3 is 2.95 bits per heavy atom. The van der Waals surface area contributed by atoms with E-state index < -0.39 is 5.82 Å². The number of hydrogen-bond donors (Lipinski definition) is 0. The first kappa shape index (κ1) is 15.0. The predicted octanol–water partition coefficient (Wildman–Crippen LogP) is 3.28. The highest BCUT2D eigenvalue weighted by molar-refractivity contribution is 6.00. The van der Waals surface area contributed by atoms with Crippen LogP contribution in [0.4, 0.5) is 4.39 Å². The number of piperidine rings is 1. The van der Waals surface area contributed by atoms with E-state index in [-0.39, 0.29) is 5.78 Å². The molecule has 0 bridgehead atoms. The smallest absolute Gasteiger partial charge is 0.180 e. The van der Waals surface area contributed by atoms with Gasteiger partial charge in [-0.05, 0) is 44.0 Å². The largest absolute Gasteiger partial charge is 0.496 e. The van der Waals surface area contributed by atoms with Crippen molar-refractivity contribution in [3.8, 4) is 5.75 Å². The number of benzene rings is 1. The van der Waals surface area contributed by atoms with Gasteiger partial charge in [0.1, 0.15) is 11.6 Å². The fourth-order valence-corrected chi connectivity index (χ4v) is 2.90. The summed E-state index contributed by atoms with van der Waals surface area (Å²) < 4.78 is 18.5. The summed E-state index contributed by atoms with van der Waals surface area (Å²) in [5.74, 6) is -0.0250. The second-order valence-corrected chi connectivity index (χ2v) is 5.30. The van der Waals surface area contributed by atoms with Crippen molar-refractivity contribution >= 4 is 5.78 Å². The molecule has 110 valence electrons. The van der Waals surface area contributed by atoms with E-state index in [2.05, 4.69) is 11.8 Å². The van der Waals surface area contributed by atoms with Gasteiger partial charge < -0.3 is 4.74 Å². The lowest BCUT2D eigenvalue weighted by molar-refractivity contribution is 0.0835. The van der Waals surface area contributed by atoms with E-state index >= 15 is 0 Å². The van der Waals surface area contributed by atoms with Crippen LogP contribution in [0.2, 0.25) is 0 Å². The third kappa shape index (κ3) is 3.37. The van der Waals surface area contributed by atoms with Gasteiger partial charge in [-0.1, -0.05) is 13.3 Å². The number of likely N-dealkylation sites (tertiary alicyclic amines) is 1. The Balaban J connectivity index is 2.13. The molecule has 1 aliphatic rings. The summed E-state index contributed by atoms with van der Waals surface area (Å²) in [7, 11) is 1.50. The highest BCUT2D eigenvalue weighted by atomic mass is 19.1. The van der Waals surface area contributed by atoms with Crippen molar-refractivity contribution in [3.05, 3.63) is 29.6 Å². The lowest BCUT2D eigenvalue weighted by atomic mass is 9.99. The Labute approximate surface area is 119 Å². The number of rotatable bonds is 5. The standard InChI is InChI=1S/C16H22FNO2/c1-3-13-6-4-5-9-18(13)11-15(19)14-10-12(17)7-8-16(14)20-2/h7-8,10,13H,3-6,9,11H2,1-2H3. The Morgan fingerprint density at radius 1 is 1.45 bits per heavy atom. The maximum absolute atomic E-state index is 13.3. The second-order valence-electron chi connectivity index (χ2n) is 5.30. The lowest BCUT2D eigenvalue weighted by Crippen LogP contribution is -2.42. The number of ether oxygens (including phenoxy) is 1. The first-order valence-electron chi connectivity index (χ1n) is 7.26. The van der Waals surface area contributed by atoms with E-state index in [1.165, 1.54) is 31.7 Å². The number of carbonyl (C=O) groups is 1. The quantitative estimate of drug-likeness (QED) is 0.775. The van der Waals surface area contributed by atoms with Gasteiger partial charge in [0.15, 0.2) is 5.78 Å². The van der Waals surface area contributed by atoms with Gasteiger partial charge in [0.2, 0.25) is 0 Å². The number of carbonyl (C=O) groups excluding carboxylic acids is 1. The van der Waals surface area contributed by atoms with Gasteiger partial charge in [0.25, 0.3) is 0 Å². The van der Waals surface area contributed by atoms with E-state index in [4.69, 9.17) is 4.74 Å². The summed E-state index contributed by atoms with van der Waals surface area (Å²) >= 11 is 0. The van der Waals surface area contributed by atoms with Crippen LogP contribution < -0.4 is 4.74 Å². The van der Waals surface area contributed by atoms with E-state index in [9.17, 15) is 9.18 Å². The average Bonchev–Trinajstić information content (AvgIpc) is 2.47. The highest BCUT2D eigenvalue weighted by Crippen LogP contribution is 2.23. The molecular weight excluding hydrogens is 257 g/mol. The van der Waals surface area contributed by atoms with Gasteiger partial charge in [-0.2, -0.15) is 0 Å². The van der Waals surface area contributed by atoms with E-state index in [1.807, 2.05) is 0 Å². The van der Waals surface area contributed by atoms with Crippen LogP contribution in [0.25, 0.3) is 0 Å². The lowest BCUT2D eigenvalue weighted by Gasteiger charge is -2.34. The maximum Gasteiger partial charge on any atom is 0.180 e. The summed E-state index contributed by atoms with van der Waals surface area (Å²) in [4.78, 5) is 14.6. The fourth-order valence-electron chi connectivity index (χ4n) is 2.90. The number of Topliss-reactive ketones (excluding diaryl/α,β-unsaturated/α-hetero) is 1. The third-order valence-corrected chi connectivity index (χ3v) is 4.03. The Kier molecular flexibility index (Phi) is 5.12. The van der Waals surface area contributed by atoms with Crippen LogP contribution in [0.1, 0.15) is 43.0 Å². The molecule has 1 aliphatic heterocycles. The molecule has 1 unspecified atom stereocenters. The summed E-state index contributed by atoms with van der Waals surface area (Å²) in [5, 5.41) is 0. The van der Waals surface area contributed by atoms with Gasteiger partial charge in [0.05, 0.1) is 19.2 Å². The molecule has 1 heterocycles. The Hall–Kier alpha value is -1.42. The molecule has 1 aromatic carbocycles. The van der Waals surface area contributed by atoms with E-state index in [0.717, 1.165) is 25.8 Å². The molecule has 0 aromatic heterocycles. The Bertz CT molecular complexity index is 476. The molecule has 3 nitrogen and oxygen atoms in total. The Morgan fingerprint density at radius 2 is 2.25 bits per heavy atom. The molecule has 0 amide bonds. The SMILES string of the molecule is CCC1CCCCN1CC(=O)c1cc(F)ccc1OC. The van der Waals surface area contributed by atoms with Gasteiger partial charge in [-0.15, -0.1) is 0 Å². The van der Waals surface area contributed by atoms with Crippen LogP contribution in [0.15, 0.2) is 18.2 Å². The van der Waals surface area contributed by atoms with Crippen LogP contribution in [-0.2, 0) is 0 Å². The zero-order valence-electron chi connectivity index (χ0n) is 12.2. The van der Waals surface area contributed by atoms with Crippen molar-refractivity contribution in [1.82, 2.24) is 4.90 Å². The minimum absolute atomic E-state index is 0.0679. The summed E-state index contributed by atoms with van der Waals surface area (Å²) in [6.45, 7) is 3.44. The number of halogens is 1. The molecule has 1 saturated heterocycles. The van der Waals surface area contributed by atoms with Gasteiger partial charge in [0, 0.05) is 6.04 Å². The van der Waals surface area contributed by atoms with Gasteiger partial charge in [-0.25, -0.2) is 4.39 Å². The molecule has 0 spiro atoms. The van der Waals surface area contributed by atoms with E-state index in [0.29, 0.717) is 23.9 Å². The average molecular weight is 279 g/mol. The van der Waals surface area contributed by atoms with Crippen molar-refractivity contribution in [1.29, 1.82) is 0 Å². The van der Waals surface area contributed by atoms with Crippen LogP contribution in [-0.4, -0.2) is 36.9 Å². The molecule has 20 heavy (non-hydrogen) atoms. The van der Waals surface area contributed by atoms with Crippen molar-refractivity contribution < 1.29 is 13.9 Å². The maximum atomic E-state index is 13.3. The van der Waals surface area contributed by atoms with Crippen molar-refractivity contribution in [3.63, 3.8) is 0 Å². The first-order valence-corrected chi connectivity index (χ1v) is 7.26. The van der Waals surface area contributed by atoms with Crippen molar-refractivity contribution in [2.45, 2.75) is 38.6 Å². The topological polar surface area (TPSA) is 29.5 Å². The normalized spacial score (nSPS) is 19.9. The van der Waals surface area contributed by atoms with Crippen LogP contribution in [0, 0.1) is 5.82 Å². The number of methoxy groups -OCH3 is 1. The molecule has 0 saturated carbocycles. The summed E-state index contributed by atoms with van der Waals surface area (Å²) in [6, 6.07) is 4.56. The van der Waals surface area contributed by atoms with Gasteiger partial charge in [-0.3, -0.25) is 9.69 Å². The van der Waals surface area contributed by atoms with Crippen LogP contribution in [0.5, 0.6) is 5.75 Å². The number of ketones is 1. The summed E-state index contributed by atoms with van der Waals surface area (Å²) in [6.07, 6.45) is 4.55. The first-order chi connectivity index (χ1) is 9.65. The predicted molar refractivity (Wildman–Crippen MR) is 76.8 cm³/mol. The molecule has 1 fully saturated rings.